The Hall–Kier alpha value is -2.65. The molecule has 0 heterocycles. The molecular weight excluding hydrogens is 296 g/mol. The van der Waals surface area contributed by atoms with E-state index in [1.54, 1.807) is 6.07 Å². The highest BCUT2D eigenvalue weighted by molar-refractivity contribution is 7.85. The van der Waals surface area contributed by atoms with Crippen LogP contribution in [0.2, 0.25) is 0 Å². The summed E-state index contributed by atoms with van der Waals surface area (Å²) < 4.78 is 31.0. The van der Waals surface area contributed by atoms with Crippen LogP contribution in [0.15, 0.2) is 51.5 Å². The van der Waals surface area contributed by atoms with Crippen molar-refractivity contribution >= 4 is 32.9 Å². The molecule has 0 radical (unpaired) electrons. The normalized spacial score (nSPS) is 11.9. The molecule has 2 rings (SSSR count). The molecule has 0 atom stereocenters. The van der Waals surface area contributed by atoms with Crippen LogP contribution in [0.3, 0.4) is 0 Å². The molecule has 0 aliphatic carbocycles. The lowest BCUT2D eigenvalue weighted by Gasteiger charge is -2.02. The lowest BCUT2D eigenvalue weighted by molar-refractivity contribution is 0.473. The Labute approximate surface area is 120 Å². The van der Waals surface area contributed by atoms with E-state index in [1.807, 2.05) is 0 Å². The summed E-state index contributed by atoms with van der Waals surface area (Å²) in [6.07, 6.45) is 0. The fourth-order valence-corrected chi connectivity index (χ4v) is 2.02. The molecule has 0 spiro atoms. The van der Waals surface area contributed by atoms with Gasteiger partial charge in [0.1, 0.15) is 17.1 Å². The first-order valence-electron chi connectivity index (χ1n) is 5.64. The Morgan fingerprint density at radius 3 is 2.24 bits per heavy atom. The van der Waals surface area contributed by atoms with E-state index >= 15 is 0 Å². The zero-order chi connectivity index (χ0) is 15.6. The minimum Gasteiger partial charge on any atom is -0.506 e. The van der Waals surface area contributed by atoms with Crippen molar-refractivity contribution in [3.8, 4) is 5.75 Å². The summed E-state index contributed by atoms with van der Waals surface area (Å²) in [5, 5.41) is 17.1. The predicted molar refractivity (Wildman–Crippen MR) is 77.4 cm³/mol. The second kappa shape index (κ2) is 5.38. The fraction of sp³-hybridized carbons (Fsp3) is 0. The van der Waals surface area contributed by atoms with E-state index in [0.29, 0.717) is 11.4 Å². The number of nitrogens with zero attached hydrogens (tertiary/aromatic N) is 2. The average molecular weight is 308 g/mol. The van der Waals surface area contributed by atoms with Crippen molar-refractivity contribution in [3.05, 3.63) is 36.4 Å². The first-order valence-corrected chi connectivity index (χ1v) is 7.08. The summed E-state index contributed by atoms with van der Waals surface area (Å²) in [7, 11) is -4.39. The summed E-state index contributed by atoms with van der Waals surface area (Å²) in [6, 6.07) is 7.70. The third kappa shape index (κ3) is 3.46. The van der Waals surface area contributed by atoms with Crippen LogP contribution in [-0.4, -0.2) is 18.1 Å². The molecule has 2 aromatic rings. The van der Waals surface area contributed by atoms with E-state index in [4.69, 9.17) is 16.0 Å². The van der Waals surface area contributed by atoms with Gasteiger partial charge < -0.3 is 16.6 Å². The number of hydrogen-bond donors (Lipinski definition) is 4. The van der Waals surface area contributed by atoms with Crippen molar-refractivity contribution in [1.29, 1.82) is 0 Å². The van der Waals surface area contributed by atoms with Crippen molar-refractivity contribution in [1.82, 2.24) is 0 Å². The highest BCUT2D eigenvalue weighted by atomic mass is 32.2. The van der Waals surface area contributed by atoms with Crippen molar-refractivity contribution in [3.63, 3.8) is 0 Å². The molecule has 2 aromatic carbocycles. The van der Waals surface area contributed by atoms with Gasteiger partial charge in [0, 0.05) is 5.69 Å². The lowest BCUT2D eigenvalue weighted by atomic mass is 10.2. The Bertz CT molecular complexity index is 818. The van der Waals surface area contributed by atoms with E-state index in [9.17, 15) is 13.5 Å². The maximum atomic E-state index is 11.0. The second-order valence-electron chi connectivity index (χ2n) is 4.14. The number of nitrogens with two attached hydrogens (primary N) is 2. The molecule has 0 aromatic heterocycles. The van der Waals surface area contributed by atoms with E-state index in [0.717, 1.165) is 18.2 Å². The standard InChI is InChI=1S/C12H12N4O4S/c13-7-1-3-10(9(14)5-7)15-16-11-6-8(21(18,19)20)2-4-12(11)17/h1-6,17H,13-14H2,(H,18,19,20). The van der Waals surface area contributed by atoms with E-state index < -0.39 is 15.0 Å². The summed E-state index contributed by atoms with van der Waals surface area (Å²) in [5.41, 5.74) is 12.2. The number of aromatic hydroxyl groups is 1. The Balaban J connectivity index is 2.41. The van der Waals surface area contributed by atoms with Gasteiger partial charge in [-0.15, -0.1) is 10.2 Å². The maximum Gasteiger partial charge on any atom is 0.294 e. The first kappa shape index (κ1) is 14.8. The van der Waals surface area contributed by atoms with Crippen LogP contribution in [0.1, 0.15) is 0 Å². The van der Waals surface area contributed by atoms with Crippen LogP contribution in [-0.2, 0) is 10.1 Å². The van der Waals surface area contributed by atoms with Crippen molar-refractivity contribution in [2.24, 2.45) is 10.2 Å². The topological polar surface area (TPSA) is 151 Å². The summed E-state index contributed by atoms with van der Waals surface area (Å²) in [5.74, 6) is -0.292. The van der Waals surface area contributed by atoms with Crippen molar-refractivity contribution in [2.45, 2.75) is 4.90 Å². The van der Waals surface area contributed by atoms with Crippen LogP contribution in [0, 0.1) is 0 Å². The van der Waals surface area contributed by atoms with E-state index in [1.165, 1.54) is 12.1 Å². The number of nitrogen functional groups attached to an aromatic ring is 2. The Morgan fingerprint density at radius 1 is 0.952 bits per heavy atom. The van der Waals surface area contributed by atoms with E-state index in [2.05, 4.69) is 10.2 Å². The van der Waals surface area contributed by atoms with Gasteiger partial charge in [-0.1, -0.05) is 0 Å². The molecule has 0 bridgehead atoms. The maximum absolute atomic E-state index is 11.0. The number of benzene rings is 2. The zero-order valence-corrected chi connectivity index (χ0v) is 11.4. The number of rotatable bonds is 3. The minimum atomic E-state index is -4.39. The first-order chi connectivity index (χ1) is 9.77. The van der Waals surface area contributed by atoms with Gasteiger partial charge in [0.05, 0.1) is 10.6 Å². The lowest BCUT2D eigenvalue weighted by Crippen LogP contribution is -1.96. The molecule has 6 N–H and O–H groups in total. The molecule has 0 unspecified atom stereocenters. The van der Waals surface area contributed by atoms with Crippen LogP contribution in [0.4, 0.5) is 22.7 Å². The molecule has 110 valence electrons. The van der Waals surface area contributed by atoms with Gasteiger partial charge >= 0.3 is 0 Å². The molecule has 0 saturated heterocycles. The molecule has 0 amide bonds. The zero-order valence-electron chi connectivity index (χ0n) is 10.6. The fourth-order valence-electron chi connectivity index (χ4n) is 1.52. The number of phenolic OH excluding ortho intramolecular Hbond substituents is 1. The van der Waals surface area contributed by atoms with Crippen molar-refractivity contribution in [2.75, 3.05) is 11.5 Å². The van der Waals surface area contributed by atoms with Gasteiger partial charge in [-0.05, 0) is 36.4 Å². The van der Waals surface area contributed by atoms with Gasteiger partial charge in [-0.2, -0.15) is 8.42 Å². The third-order valence-electron chi connectivity index (χ3n) is 2.56. The monoisotopic (exact) mass is 308 g/mol. The van der Waals surface area contributed by atoms with Crippen LogP contribution in [0.25, 0.3) is 0 Å². The Kier molecular flexibility index (Phi) is 3.78. The third-order valence-corrected chi connectivity index (χ3v) is 3.41. The number of anilines is 2. The highest BCUT2D eigenvalue weighted by Gasteiger charge is 2.12. The van der Waals surface area contributed by atoms with Crippen molar-refractivity contribution < 1.29 is 18.1 Å². The summed E-state index contributed by atoms with van der Waals surface area (Å²) >= 11 is 0. The van der Waals surface area contributed by atoms with E-state index in [-0.39, 0.29) is 17.1 Å². The summed E-state index contributed by atoms with van der Waals surface area (Å²) in [4.78, 5) is -0.403. The largest absolute Gasteiger partial charge is 0.506 e. The smallest absolute Gasteiger partial charge is 0.294 e. The number of azo groups is 1. The van der Waals surface area contributed by atoms with Gasteiger partial charge in [0.25, 0.3) is 10.1 Å². The quantitative estimate of drug-likeness (QED) is 0.387. The van der Waals surface area contributed by atoms with Gasteiger partial charge in [-0.3, -0.25) is 4.55 Å². The second-order valence-corrected chi connectivity index (χ2v) is 5.57. The summed E-state index contributed by atoms with van der Waals surface area (Å²) in [6.45, 7) is 0. The van der Waals surface area contributed by atoms with Gasteiger partial charge in [0.2, 0.25) is 0 Å². The number of hydrogen-bond acceptors (Lipinski definition) is 7. The molecule has 0 saturated carbocycles. The predicted octanol–water partition coefficient (Wildman–Crippen LogP) is 2.22. The molecule has 0 aliphatic rings. The molecular formula is C12H12N4O4S. The SMILES string of the molecule is Nc1ccc(N=Nc2cc(S(=O)(=O)O)ccc2O)c(N)c1. The molecule has 8 nitrogen and oxygen atoms in total. The van der Waals surface area contributed by atoms with Crippen LogP contribution < -0.4 is 11.5 Å². The highest BCUT2D eigenvalue weighted by Crippen LogP contribution is 2.32. The van der Waals surface area contributed by atoms with Gasteiger partial charge in [-0.25, -0.2) is 0 Å². The minimum absolute atomic E-state index is 0.124. The molecule has 21 heavy (non-hydrogen) atoms. The average Bonchev–Trinajstić information content (AvgIpc) is 2.38. The molecule has 0 fully saturated rings. The molecule has 9 heteroatoms. The molecule has 0 aliphatic heterocycles. The van der Waals surface area contributed by atoms with Gasteiger partial charge in [0.15, 0.2) is 0 Å². The Morgan fingerprint density at radius 2 is 1.62 bits per heavy atom. The van der Waals surface area contributed by atoms with Crippen LogP contribution >= 0.6 is 0 Å². The number of phenols is 1. The van der Waals surface area contributed by atoms with Crippen LogP contribution in [0.5, 0.6) is 5.75 Å².